The number of ketones is 3. The summed E-state index contributed by atoms with van der Waals surface area (Å²) in [6, 6.07) is 0. The lowest BCUT2D eigenvalue weighted by atomic mass is 9.44. The van der Waals surface area contributed by atoms with Crippen LogP contribution in [0.3, 0.4) is 0 Å². The molecule has 8 atom stereocenters. The lowest BCUT2D eigenvalue weighted by molar-refractivity contribution is -0.201. The molecule has 0 radical (unpaired) electrons. The van der Waals surface area contributed by atoms with E-state index in [1.54, 1.807) is 32.9 Å². The molecule has 0 aromatic heterocycles. The Morgan fingerprint density at radius 3 is 2.43 bits per heavy atom. The normalized spacial score (nSPS) is 37.2. The Morgan fingerprint density at radius 2 is 1.78 bits per heavy atom. The van der Waals surface area contributed by atoms with Crippen molar-refractivity contribution < 1.29 is 38.2 Å². The van der Waals surface area contributed by atoms with E-state index in [1.165, 1.54) is 11.6 Å². The largest absolute Gasteiger partial charge is 0.478 e. The van der Waals surface area contributed by atoms with Crippen molar-refractivity contribution in [3.05, 3.63) is 82.0 Å². The number of Topliss-reactive ketones (excluding diaryl/α,β-unsaturated/α-hetero) is 2. The summed E-state index contributed by atoms with van der Waals surface area (Å²) in [5, 5.41) is 8.97. The molecule has 1 N–H and O–H groups in total. The van der Waals surface area contributed by atoms with Crippen molar-refractivity contribution in [2.24, 2.45) is 34.0 Å². The quantitative estimate of drug-likeness (QED) is 0.0965. The van der Waals surface area contributed by atoms with Crippen LogP contribution < -0.4 is 0 Å². The standard InChI is InChI=1S/C45H56ClFO7/c1-9-40(53)54-45(38(50)26-46)30(5)23-35-34-18-17-33-31(36(48)19-21-42(33,7)44(34,47)37(49)25-43(35,45)8)24-41(6)20-11-14-29(4)32(41)16-15-27(2)12-10-13-28(3)22-39(51)52/h10,12-13,15-16,19,21-22,30,34-35H,9,11,14,17-18,20,23-26H2,1-8H3,(H,51,52)/b13-10+,16-15+,27-12+,28-22+/t30-,34-,35-,41?,42-,43-,44-,45-/m0/s1. The van der Waals surface area contributed by atoms with Crippen LogP contribution in [0.1, 0.15) is 113 Å². The fourth-order valence-corrected chi connectivity index (χ4v) is 11.4. The van der Waals surface area contributed by atoms with Gasteiger partial charge >= 0.3 is 11.9 Å². The number of carbonyl (C=O) groups is 5. The summed E-state index contributed by atoms with van der Waals surface area (Å²) in [4.78, 5) is 66.0. The van der Waals surface area contributed by atoms with Gasteiger partial charge in [0.05, 0.1) is 5.88 Å². The zero-order chi connectivity index (χ0) is 40.0. The van der Waals surface area contributed by atoms with Gasteiger partial charge in [0, 0.05) is 47.2 Å². The molecule has 9 heteroatoms. The molecular formula is C45H56ClFO7. The van der Waals surface area contributed by atoms with Gasteiger partial charge in [-0.3, -0.25) is 19.2 Å². The summed E-state index contributed by atoms with van der Waals surface area (Å²) < 4.78 is 24.5. The molecule has 0 aromatic rings. The molecular weight excluding hydrogens is 707 g/mol. The van der Waals surface area contributed by atoms with Gasteiger partial charge in [0.15, 0.2) is 28.6 Å². The first-order chi connectivity index (χ1) is 25.2. The van der Waals surface area contributed by atoms with Gasteiger partial charge < -0.3 is 9.84 Å². The van der Waals surface area contributed by atoms with Gasteiger partial charge in [0.2, 0.25) is 0 Å². The number of carbonyl (C=O) groups excluding carboxylic acids is 4. The number of hydrogen-bond donors (Lipinski definition) is 1. The summed E-state index contributed by atoms with van der Waals surface area (Å²) in [5.41, 5.74) is -1.62. The van der Waals surface area contributed by atoms with Crippen molar-refractivity contribution in [3.8, 4) is 0 Å². The maximum Gasteiger partial charge on any atom is 0.328 e. The zero-order valence-electron chi connectivity index (χ0n) is 33.1. The molecule has 0 heterocycles. The Hall–Kier alpha value is -3.65. The van der Waals surface area contributed by atoms with Gasteiger partial charge in [-0.05, 0) is 107 Å². The van der Waals surface area contributed by atoms with Crippen LogP contribution in [0.5, 0.6) is 0 Å². The van der Waals surface area contributed by atoms with Crippen molar-refractivity contribution in [2.45, 2.75) is 124 Å². The summed E-state index contributed by atoms with van der Waals surface area (Å²) >= 11 is 6.16. The number of carboxylic acid groups (broad SMARTS) is 1. The van der Waals surface area contributed by atoms with E-state index in [0.717, 1.165) is 36.5 Å². The summed E-state index contributed by atoms with van der Waals surface area (Å²) in [6.07, 6.45) is 17.9. The molecule has 0 spiro atoms. The number of hydrogen-bond acceptors (Lipinski definition) is 6. The SMILES string of the molecule is CCC(=O)O[C@]1(C(=O)CCl)[C@@H](C)C[C@H]2[C@@H]3CCC4=C(CC5(C)CCCC(C)=C5/C=C/C(C)=C/C=C/C(C)=C/C(=O)O)C(=O)C=C[C@]4(C)[C@@]3(F)C(=O)C[C@@]21C. The van der Waals surface area contributed by atoms with Gasteiger partial charge in [0.25, 0.3) is 0 Å². The monoisotopic (exact) mass is 762 g/mol. The van der Waals surface area contributed by atoms with E-state index in [-0.39, 0.29) is 24.5 Å². The number of fused-ring (bicyclic) bond motifs is 5. The highest BCUT2D eigenvalue weighted by Gasteiger charge is 2.77. The molecule has 0 bridgehead atoms. The van der Waals surface area contributed by atoms with Gasteiger partial charge in [-0.25, -0.2) is 9.18 Å². The predicted octanol–water partition coefficient (Wildman–Crippen LogP) is 9.67. The van der Waals surface area contributed by atoms with Crippen LogP contribution in [0.4, 0.5) is 4.39 Å². The van der Waals surface area contributed by atoms with Crippen molar-refractivity contribution in [1.82, 2.24) is 0 Å². The average Bonchev–Trinajstić information content (AvgIpc) is 3.31. The fraction of sp³-hybridized carbons (Fsp3) is 0.578. The molecule has 5 aliphatic carbocycles. The maximum atomic E-state index is 18.4. The Bertz CT molecular complexity index is 1860. The number of rotatable bonds is 11. The third-order valence-electron chi connectivity index (χ3n) is 13.9. The lowest BCUT2D eigenvalue weighted by Crippen LogP contribution is -2.68. The first kappa shape index (κ1) is 41.5. The van der Waals surface area contributed by atoms with Gasteiger partial charge in [0.1, 0.15) is 0 Å². The zero-order valence-corrected chi connectivity index (χ0v) is 33.8. The van der Waals surface area contributed by atoms with Crippen LogP contribution in [-0.2, 0) is 28.7 Å². The van der Waals surface area contributed by atoms with E-state index in [1.807, 2.05) is 39.0 Å². The smallest absolute Gasteiger partial charge is 0.328 e. The van der Waals surface area contributed by atoms with Crippen molar-refractivity contribution in [3.63, 3.8) is 0 Å². The predicted molar refractivity (Wildman–Crippen MR) is 208 cm³/mol. The molecule has 3 saturated carbocycles. The lowest BCUT2D eigenvalue weighted by Gasteiger charge is -2.60. The topological polar surface area (TPSA) is 115 Å². The third kappa shape index (κ3) is 6.58. The molecule has 5 aliphatic rings. The Labute approximate surface area is 324 Å². The Balaban J connectivity index is 1.51. The molecule has 7 nitrogen and oxygen atoms in total. The van der Waals surface area contributed by atoms with Gasteiger partial charge in [-0.15, -0.1) is 11.6 Å². The van der Waals surface area contributed by atoms with E-state index >= 15 is 4.39 Å². The molecule has 1 unspecified atom stereocenters. The highest BCUT2D eigenvalue weighted by molar-refractivity contribution is 6.29. The number of aliphatic carboxylic acids is 1. The maximum absolute atomic E-state index is 18.4. The first-order valence-electron chi connectivity index (χ1n) is 19.4. The second-order valence-corrected chi connectivity index (χ2v) is 17.5. The Kier molecular flexibility index (Phi) is 11.6. The summed E-state index contributed by atoms with van der Waals surface area (Å²) in [7, 11) is 0. The summed E-state index contributed by atoms with van der Waals surface area (Å²) in [5.74, 6) is -4.79. The second-order valence-electron chi connectivity index (χ2n) is 17.2. The molecule has 0 aromatic carbocycles. The number of carboxylic acids is 1. The van der Waals surface area contributed by atoms with E-state index < -0.39 is 68.8 Å². The van der Waals surface area contributed by atoms with E-state index in [2.05, 4.69) is 19.9 Å². The highest BCUT2D eigenvalue weighted by atomic mass is 35.5. The van der Waals surface area contributed by atoms with Gasteiger partial charge in [-0.1, -0.05) is 75.3 Å². The van der Waals surface area contributed by atoms with E-state index in [4.69, 9.17) is 21.4 Å². The Morgan fingerprint density at radius 1 is 1.07 bits per heavy atom. The van der Waals surface area contributed by atoms with E-state index in [0.29, 0.717) is 42.4 Å². The van der Waals surface area contributed by atoms with Crippen molar-refractivity contribution in [1.29, 1.82) is 0 Å². The van der Waals surface area contributed by atoms with Gasteiger partial charge in [-0.2, -0.15) is 0 Å². The van der Waals surface area contributed by atoms with Crippen LogP contribution in [0.25, 0.3) is 0 Å². The number of halogens is 2. The third-order valence-corrected chi connectivity index (χ3v) is 14.1. The van der Waals surface area contributed by atoms with Crippen LogP contribution in [-0.4, -0.2) is 51.5 Å². The minimum absolute atomic E-state index is 0.0511. The fourth-order valence-electron chi connectivity index (χ4n) is 11.2. The van der Waals surface area contributed by atoms with Crippen LogP contribution in [0.2, 0.25) is 0 Å². The minimum Gasteiger partial charge on any atom is -0.478 e. The first-order valence-corrected chi connectivity index (χ1v) is 19.9. The number of esters is 1. The number of allylic oxidation sites excluding steroid dienone is 13. The van der Waals surface area contributed by atoms with Crippen molar-refractivity contribution >= 4 is 40.9 Å². The molecule has 292 valence electrons. The molecule has 0 aliphatic heterocycles. The second kappa shape index (κ2) is 15.1. The molecule has 3 fully saturated rings. The minimum atomic E-state index is -2.32. The molecule has 0 amide bonds. The highest BCUT2D eigenvalue weighted by Crippen LogP contribution is 2.71. The molecule has 54 heavy (non-hydrogen) atoms. The molecule has 0 saturated heterocycles. The molecule has 5 rings (SSSR count). The number of ether oxygens (including phenoxy) is 1. The average molecular weight is 763 g/mol. The number of alkyl halides is 2. The van der Waals surface area contributed by atoms with Crippen LogP contribution in [0.15, 0.2) is 82.0 Å². The van der Waals surface area contributed by atoms with Crippen LogP contribution in [0, 0.1) is 34.0 Å². The van der Waals surface area contributed by atoms with Crippen molar-refractivity contribution in [2.75, 3.05) is 5.88 Å². The van der Waals surface area contributed by atoms with E-state index in [9.17, 15) is 24.0 Å². The summed E-state index contributed by atoms with van der Waals surface area (Å²) in [6.45, 7) is 15.1. The van der Waals surface area contributed by atoms with Crippen LogP contribution >= 0.6 is 11.6 Å².